The molecule has 0 aliphatic rings. The Morgan fingerprint density at radius 2 is 1.04 bits per heavy atom. The van der Waals surface area contributed by atoms with E-state index in [2.05, 4.69) is 31.9 Å². The van der Waals surface area contributed by atoms with Crippen LogP contribution in [-0.4, -0.2) is 21.6 Å². The van der Waals surface area contributed by atoms with E-state index in [4.69, 9.17) is 9.47 Å². The third-order valence-electron chi connectivity index (χ3n) is 3.60. The number of carbonyl (C=O) groups is 2. The molecule has 2 atom stereocenters. The predicted octanol–water partition coefficient (Wildman–Crippen LogP) is 4.78. The molecule has 0 saturated carbocycles. The van der Waals surface area contributed by atoms with Crippen LogP contribution in [0.5, 0.6) is 0 Å². The Hall–Kier alpha value is -1.66. The molecular formula is C20H20Br2O4. The number of carbonyl (C=O) groups excluding carboxylic acids is 2. The molecule has 0 fully saturated rings. The minimum absolute atomic E-state index is 0.161. The maximum absolute atomic E-state index is 11.9. The van der Waals surface area contributed by atoms with E-state index >= 15 is 0 Å². The first kappa shape index (κ1) is 20.6. The summed E-state index contributed by atoms with van der Waals surface area (Å²) in [4.78, 5) is 23.4. The molecule has 0 saturated heterocycles. The smallest absolute Gasteiger partial charge is 0.307 e. The van der Waals surface area contributed by atoms with Gasteiger partial charge in [0.2, 0.25) is 0 Å². The summed E-state index contributed by atoms with van der Waals surface area (Å²) in [6, 6.07) is 19.0. The Bertz CT molecular complexity index is 630. The Labute approximate surface area is 170 Å². The van der Waals surface area contributed by atoms with Crippen LogP contribution < -0.4 is 0 Å². The van der Waals surface area contributed by atoms with Crippen LogP contribution >= 0.6 is 31.9 Å². The molecule has 138 valence electrons. The van der Waals surface area contributed by atoms with Gasteiger partial charge in [-0.1, -0.05) is 92.5 Å². The fraction of sp³-hybridized carbons (Fsp3) is 0.300. The van der Waals surface area contributed by atoms with Gasteiger partial charge < -0.3 is 9.47 Å². The van der Waals surface area contributed by atoms with Crippen LogP contribution in [0.3, 0.4) is 0 Å². The molecule has 0 spiro atoms. The van der Waals surface area contributed by atoms with Gasteiger partial charge in [0.25, 0.3) is 0 Å². The minimum atomic E-state index is -0.321. The fourth-order valence-electron chi connectivity index (χ4n) is 2.17. The number of halogens is 2. The van der Waals surface area contributed by atoms with Crippen LogP contribution in [0.4, 0.5) is 0 Å². The first-order valence-electron chi connectivity index (χ1n) is 8.22. The Morgan fingerprint density at radius 3 is 1.38 bits per heavy atom. The van der Waals surface area contributed by atoms with Gasteiger partial charge in [0.1, 0.15) is 13.2 Å². The number of rotatable bonds is 9. The van der Waals surface area contributed by atoms with Gasteiger partial charge >= 0.3 is 11.9 Å². The molecule has 26 heavy (non-hydrogen) atoms. The van der Waals surface area contributed by atoms with E-state index in [-0.39, 0.29) is 47.6 Å². The molecule has 2 aromatic rings. The second-order valence-corrected chi connectivity index (χ2v) is 8.09. The molecule has 2 rings (SSSR count). The van der Waals surface area contributed by atoms with Crippen molar-refractivity contribution in [1.29, 1.82) is 0 Å². The van der Waals surface area contributed by atoms with E-state index in [0.717, 1.165) is 11.1 Å². The number of alkyl halides is 2. The zero-order valence-electron chi connectivity index (χ0n) is 14.1. The average Bonchev–Trinajstić information content (AvgIpc) is 2.66. The topological polar surface area (TPSA) is 52.6 Å². The summed E-state index contributed by atoms with van der Waals surface area (Å²) in [5.74, 6) is -0.643. The van der Waals surface area contributed by atoms with Crippen molar-refractivity contribution in [2.75, 3.05) is 0 Å². The molecule has 6 heteroatoms. The van der Waals surface area contributed by atoms with Crippen molar-refractivity contribution in [3.05, 3.63) is 71.8 Å². The van der Waals surface area contributed by atoms with Gasteiger partial charge in [-0.25, -0.2) is 0 Å². The number of ether oxygens (including phenoxy) is 2. The molecular weight excluding hydrogens is 464 g/mol. The fourth-order valence-corrected chi connectivity index (χ4v) is 3.07. The van der Waals surface area contributed by atoms with Crippen LogP contribution in [0.2, 0.25) is 0 Å². The lowest BCUT2D eigenvalue weighted by Crippen LogP contribution is -2.23. The maximum atomic E-state index is 11.9. The second-order valence-electron chi connectivity index (χ2n) is 5.73. The summed E-state index contributed by atoms with van der Waals surface area (Å²) in [6.07, 6.45) is 0.323. The third kappa shape index (κ3) is 7.70. The van der Waals surface area contributed by atoms with Gasteiger partial charge in [0.05, 0.1) is 12.8 Å². The van der Waals surface area contributed by atoms with Crippen LogP contribution in [0.1, 0.15) is 24.0 Å². The molecule has 2 unspecified atom stereocenters. The lowest BCUT2D eigenvalue weighted by molar-refractivity contribution is -0.146. The quantitative estimate of drug-likeness (QED) is 0.380. The van der Waals surface area contributed by atoms with Crippen molar-refractivity contribution in [3.8, 4) is 0 Å². The Kier molecular flexibility index (Phi) is 8.85. The molecule has 0 heterocycles. The largest absolute Gasteiger partial charge is 0.461 e. The van der Waals surface area contributed by atoms with E-state index in [1.165, 1.54) is 0 Å². The van der Waals surface area contributed by atoms with Crippen molar-refractivity contribution in [3.63, 3.8) is 0 Å². The highest BCUT2D eigenvalue weighted by Gasteiger charge is 2.23. The minimum Gasteiger partial charge on any atom is -0.461 e. The summed E-state index contributed by atoms with van der Waals surface area (Å²) >= 11 is 6.88. The summed E-state index contributed by atoms with van der Waals surface area (Å²) < 4.78 is 10.5. The van der Waals surface area contributed by atoms with Gasteiger partial charge in [-0.2, -0.15) is 0 Å². The molecule has 0 aliphatic carbocycles. The Balaban J connectivity index is 1.68. The van der Waals surface area contributed by atoms with E-state index in [0.29, 0.717) is 0 Å². The lowest BCUT2D eigenvalue weighted by Gasteiger charge is -2.15. The highest BCUT2D eigenvalue weighted by atomic mass is 79.9. The number of hydrogen-bond donors (Lipinski definition) is 0. The average molecular weight is 484 g/mol. The number of esters is 2. The Morgan fingerprint density at radius 1 is 0.692 bits per heavy atom. The van der Waals surface area contributed by atoms with Crippen molar-refractivity contribution in [2.45, 2.75) is 35.7 Å². The highest BCUT2D eigenvalue weighted by Crippen LogP contribution is 2.22. The SMILES string of the molecule is O=C(CC(Br)C(Br)CC(=O)OCc1ccccc1)OCc1ccccc1. The van der Waals surface area contributed by atoms with Gasteiger partial charge in [0, 0.05) is 9.65 Å². The van der Waals surface area contributed by atoms with E-state index in [1.54, 1.807) is 0 Å². The van der Waals surface area contributed by atoms with Crippen LogP contribution in [-0.2, 0) is 32.3 Å². The van der Waals surface area contributed by atoms with Crippen molar-refractivity contribution >= 4 is 43.8 Å². The molecule has 4 nitrogen and oxygen atoms in total. The van der Waals surface area contributed by atoms with Gasteiger partial charge in [-0.05, 0) is 11.1 Å². The zero-order chi connectivity index (χ0) is 18.8. The monoisotopic (exact) mass is 482 g/mol. The van der Waals surface area contributed by atoms with Crippen molar-refractivity contribution < 1.29 is 19.1 Å². The molecule has 0 bridgehead atoms. The molecule has 0 amide bonds. The molecule has 0 radical (unpaired) electrons. The first-order valence-corrected chi connectivity index (χ1v) is 10.0. The van der Waals surface area contributed by atoms with Crippen LogP contribution in [0.15, 0.2) is 60.7 Å². The van der Waals surface area contributed by atoms with E-state index in [1.807, 2.05) is 60.7 Å². The second kappa shape index (κ2) is 11.1. The normalized spacial score (nSPS) is 12.8. The molecule has 0 N–H and O–H groups in total. The van der Waals surface area contributed by atoms with Gasteiger partial charge in [-0.3, -0.25) is 9.59 Å². The van der Waals surface area contributed by atoms with Crippen LogP contribution in [0.25, 0.3) is 0 Å². The number of hydrogen-bond acceptors (Lipinski definition) is 4. The summed E-state index contributed by atoms with van der Waals surface area (Å²) in [5, 5.41) is 0. The van der Waals surface area contributed by atoms with Crippen LogP contribution in [0, 0.1) is 0 Å². The zero-order valence-corrected chi connectivity index (χ0v) is 17.3. The van der Waals surface area contributed by atoms with Gasteiger partial charge in [0.15, 0.2) is 0 Å². The third-order valence-corrected chi connectivity index (χ3v) is 6.23. The van der Waals surface area contributed by atoms with E-state index in [9.17, 15) is 9.59 Å². The molecule has 0 aromatic heterocycles. The number of benzene rings is 2. The molecule has 0 aliphatic heterocycles. The summed E-state index contributed by atoms with van der Waals surface area (Å²) in [7, 11) is 0. The highest BCUT2D eigenvalue weighted by molar-refractivity contribution is 9.12. The molecule has 2 aromatic carbocycles. The summed E-state index contributed by atoms with van der Waals surface area (Å²) in [6.45, 7) is 0.483. The first-order chi connectivity index (χ1) is 12.5. The summed E-state index contributed by atoms with van der Waals surface area (Å²) in [5.41, 5.74) is 1.87. The van der Waals surface area contributed by atoms with Crippen molar-refractivity contribution in [2.24, 2.45) is 0 Å². The van der Waals surface area contributed by atoms with Crippen molar-refractivity contribution in [1.82, 2.24) is 0 Å². The maximum Gasteiger partial charge on any atom is 0.307 e. The predicted molar refractivity (Wildman–Crippen MR) is 107 cm³/mol. The van der Waals surface area contributed by atoms with Gasteiger partial charge in [-0.15, -0.1) is 0 Å². The standard InChI is InChI=1S/C20H20Br2O4/c21-17(11-19(23)25-13-15-7-3-1-4-8-15)18(22)12-20(24)26-14-16-9-5-2-6-10-16/h1-10,17-18H,11-14H2. The lowest BCUT2D eigenvalue weighted by atomic mass is 10.2. The van der Waals surface area contributed by atoms with E-state index < -0.39 is 0 Å².